The Labute approximate surface area is 126 Å². The van der Waals surface area contributed by atoms with Gasteiger partial charge in [0, 0.05) is 33.1 Å². The van der Waals surface area contributed by atoms with E-state index in [9.17, 15) is 19.1 Å². The summed E-state index contributed by atoms with van der Waals surface area (Å²) in [5, 5.41) is 9.40. The lowest BCUT2D eigenvalue weighted by atomic mass is 10.0. The predicted molar refractivity (Wildman–Crippen MR) is 75.6 cm³/mol. The number of hydrogen-bond acceptors (Lipinski definition) is 3. The molecule has 1 aromatic rings. The quantitative estimate of drug-likeness (QED) is 0.923. The molecule has 1 heterocycles. The molecule has 1 unspecified atom stereocenters. The molecule has 0 spiro atoms. The average Bonchev–Trinajstić information content (AvgIpc) is 2.43. The lowest BCUT2D eigenvalue weighted by Crippen LogP contribution is -2.50. The van der Waals surface area contributed by atoms with Gasteiger partial charge in [-0.2, -0.15) is 0 Å². The van der Waals surface area contributed by atoms with Crippen LogP contribution in [0.25, 0.3) is 0 Å². The zero-order valence-corrected chi connectivity index (χ0v) is 12.3. The molecule has 0 aromatic heterocycles. The summed E-state index contributed by atoms with van der Waals surface area (Å²) in [6.07, 6.45) is 0. The van der Waals surface area contributed by atoms with E-state index in [1.54, 1.807) is 9.80 Å². The molecule has 1 aromatic carbocycles. The van der Waals surface area contributed by atoms with Gasteiger partial charge < -0.3 is 10.0 Å². The molecule has 7 heteroatoms. The van der Waals surface area contributed by atoms with Gasteiger partial charge in [-0.25, -0.2) is 4.39 Å². The molecule has 1 aliphatic rings. The third-order valence-corrected chi connectivity index (χ3v) is 3.92. The first kappa shape index (κ1) is 15.7. The summed E-state index contributed by atoms with van der Waals surface area (Å²) in [6, 6.07) is 3.08. The van der Waals surface area contributed by atoms with Crippen LogP contribution in [0.1, 0.15) is 18.5 Å². The Balaban J connectivity index is 2.18. The van der Waals surface area contributed by atoms with Crippen molar-refractivity contribution >= 4 is 23.5 Å². The second kappa shape index (κ2) is 6.41. The lowest BCUT2D eigenvalue weighted by Gasteiger charge is -2.37. The van der Waals surface area contributed by atoms with Crippen molar-refractivity contribution < 1.29 is 19.1 Å². The van der Waals surface area contributed by atoms with Crippen LogP contribution >= 0.6 is 11.6 Å². The number of nitrogens with zero attached hydrogens (tertiary/aromatic N) is 2. The SMILES string of the molecule is CC(=O)N1CCN(C(C(=O)O)c2ccc(Cl)c(F)c2)CC1. The van der Waals surface area contributed by atoms with Gasteiger partial charge in [-0.05, 0) is 17.7 Å². The minimum Gasteiger partial charge on any atom is -0.480 e. The van der Waals surface area contributed by atoms with Gasteiger partial charge in [0.2, 0.25) is 5.91 Å². The number of aliphatic carboxylic acids is 1. The van der Waals surface area contributed by atoms with Crippen molar-refractivity contribution in [1.82, 2.24) is 9.80 Å². The molecule has 2 rings (SSSR count). The number of carboxylic acids is 1. The van der Waals surface area contributed by atoms with Crippen molar-refractivity contribution in [2.45, 2.75) is 13.0 Å². The minimum absolute atomic E-state index is 0.0286. The second-order valence-corrected chi connectivity index (χ2v) is 5.36. The van der Waals surface area contributed by atoms with Crippen LogP contribution in [0, 0.1) is 5.82 Å². The van der Waals surface area contributed by atoms with Gasteiger partial charge in [0.15, 0.2) is 0 Å². The summed E-state index contributed by atoms with van der Waals surface area (Å²) in [6.45, 7) is 3.28. The highest BCUT2D eigenvalue weighted by Gasteiger charge is 2.31. The van der Waals surface area contributed by atoms with Crippen molar-refractivity contribution in [1.29, 1.82) is 0 Å². The summed E-state index contributed by atoms with van der Waals surface area (Å²) < 4.78 is 13.5. The number of halogens is 2. The van der Waals surface area contributed by atoms with E-state index in [4.69, 9.17) is 11.6 Å². The van der Waals surface area contributed by atoms with Gasteiger partial charge in [0.25, 0.3) is 0 Å². The molecule has 0 radical (unpaired) electrons. The van der Waals surface area contributed by atoms with Crippen molar-refractivity contribution in [2.24, 2.45) is 0 Å². The highest BCUT2D eigenvalue weighted by atomic mass is 35.5. The highest BCUT2D eigenvalue weighted by molar-refractivity contribution is 6.30. The van der Waals surface area contributed by atoms with E-state index in [2.05, 4.69) is 0 Å². The van der Waals surface area contributed by atoms with Crippen molar-refractivity contribution in [3.05, 3.63) is 34.6 Å². The van der Waals surface area contributed by atoms with Gasteiger partial charge in [0.05, 0.1) is 5.02 Å². The van der Waals surface area contributed by atoms with Crippen LogP contribution in [0.15, 0.2) is 18.2 Å². The number of hydrogen-bond donors (Lipinski definition) is 1. The molecular weight excluding hydrogens is 299 g/mol. The molecule has 0 bridgehead atoms. The van der Waals surface area contributed by atoms with Crippen LogP contribution < -0.4 is 0 Å². The van der Waals surface area contributed by atoms with E-state index in [-0.39, 0.29) is 10.9 Å². The standard InChI is InChI=1S/C14H16ClFN2O3/c1-9(19)17-4-6-18(7-5-17)13(14(20)21)10-2-3-11(15)12(16)8-10/h2-3,8,13H,4-7H2,1H3,(H,20,21). The monoisotopic (exact) mass is 314 g/mol. The lowest BCUT2D eigenvalue weighted by molar-refractivity contribution is -0.145. The van der Waals surface area contributed by atoms with E-state index in [0.717, 1.165) is 6.07 Å². The third-order valence-electron chi connectivity index (χ3n) is 3.62. The van der Waals surface area contributed by atoms with Crippen LogP contribution in [0.3, 0.4) is 0 Å². The molecule has 1 N–H and O–H groups in total. The van der Waals surface area contributed by atoms with Gasteiger partial charge in [-0.1, -0.05) is 17.7 Å². The van der Waals surface area contributed by atoms with Crippen LogP contribution in [0.4, 0.5) is 4.39 Å². The fraction of sp³-hybridized carbons (Fsp3) is 0.429. The number of carboxylic acid groups (broad SMARTS) is 1. The van der Waals surface area contributed by atoms with E-state index >= 15 is 0 Å². The van der Waals surface area contributed by atoms with Gasteiger partial charge in [-0.3, -0.25) is 14.5 Å². The molecule has 5 nitrogen and oxygen atoms in total. The summed E-state index contributed by atoms with van der Waals surface area (Å²) >= 11 is 5.62. The number of carbonyl (C=O) groups excluding carboxylic acids is 1. The van der Waals surface area contributed by atoms with E-state index < -0.39 is 17.8 Å². The molecule has 114 valence electrons. The molecule has 21 heavy (non-hydrogen) atoms. The Morgan fingerprint density at radius 2 is 1.90 bits per heavy atom. The largest absolute Gasteiger partial charge is 0.480 e. The Morgan fingerprint density at radius 3 is 2.38 bits per heavy atom. The fourth-order valence-electron chi connectivity index (χ4n) is 2.49. The Bertz CT molecular complexity index is 559. The minimum atomic E-state index is -1.05. The Morgan fingerprint density at radius 1 is 1.29 bits per heavy atom. The molecule has 1 atom stereocenters. The van der Waals surface area contributed by atoms with E-state index in [1.165, 1.54) is 19.1 Å². The summed E-state index contributed by atoms with van der Waals surface area (Å²) in [5.41, 5.74) is 0.348. The first-order valence-electron chi connectivity index (χ1n) is 6.57. The predicted octanol–water partition coefficient (Wildman–Crippen LogP) is 1.77. The molecule has 1 amide bonds. The van der Waals surface area contributed by atoms with Crippen LogP contribution in [-0.4, -0.2) is 53.0 Å². The summed E-state index contributed by atoms with van der Waals surface area (Å²) in [4.78, 5) is 26.2. The van der Waals surface area contributed by atoms with Gasteiger partial charge >= 0.3 is 5.97 Å². The number of carbonyl (C=O) groups is 2. The Hall–Kier alpha value is -1.66. The summed E-state index contributed by atoms with van der Waals surface area (Å²) in [5.74, 6) is -1.71. The van der Waals surface area contributed by atoms with Crippen molar-refractivity contribution in [3.8, 4) is 0 Å². The fourth-order valence-corrected chi connectivity index (χ4v) is 2.60. The molecular formula is C14H16ClFN2O3. The smallest absolute Gasteiger partial charge is 0.325 e. The maximum absolute atomic E-state index is 13.5. The molecule has 1 fully saturated rings. The zero-order valence-electron chi connectivity index (χ0n) is 11.6. The second-order valence-electron chi connectivity index (χ2n) is 4.96. The van der Waals surface area contributed by atoms with Crippen molar-refractivity contribution in [3.63, 3.8) is 0 Å². The van der Waals surface area contributed by atoms with Gasteiger partial charge in [-0.15, -0.1) is 0 Å². The highest BCUT2D eigenvalue weighted by Crippen LogP contribution is 2.26. The molecule has 1 aliphatic heterocycles. The first-order chi connectivity index (χ1) is 9.90. The first-order valence-corrected chi connectivity index (χ1v) is 6.95. The van der Waals surface area contributed by atoms with Crippen LogP contribution in [0.5, 0.6) is 0 Å². The number of benzene rings is 1. The van der Waals surface area contributed by atoms with E-state index in [0.29, 0.717) is 31.7 Å². The summed E-state index contributed by atoms with van der Waals surface area (Å²) in [7, 11) is 0. The maximum atomic E-state index is 13.5. The molecule has 0 aliphatic carbocycles. The normalized spacial score (nSPS) is 17.6. The number of piperazine rings is 1. The maximum Gasteiger partial charge on any atom is 0.325 e. The van der Waals surface area contributed by atoms with Crippen LogP contribution in [-0.2, 0) is 9.59 Å². The van der Waals surface area contributed by atoms with Crippen molar-refractivity contribution in [2.75, 3.05) is 26.2 Å². The molecule has 0 saturated carbocycles. The van der Waals surface area contributed by atoms with Crippen LogP contribution in [0.2, 0.25) is 5.02 Å². The van der Waals surface area contributed by atoms with E-state index in [1.807, 2.05) is 0 Å². The van der Waals surface area contributed by atoms with Gasteiger partial charge in [0.1, 0.15) is 11.9 Å². The number of amides is 1. The average molecular weight is 315 g/mol. The topological polar surface area (TPSA) is 60.9 Å². The zero-order chi connectivity index (χ0) is 15.6. The molecule has 1 saturated heterocycles. The number of rotatable bonds is 3. The third kappa shape index (κ3) is 3.51. The Kier molecular flexibility index (Phi) is 4.80.